The molecule has 0 atom stereocenters. The lowest BCUT2D eigenvalue weighted by Gasteiger charge is -2.30. The Kier molecular flexibility index (Phi) is 4.58. The lowest BCUT2D eigenvalue weighted by atomic mass is 9.97. The molecule has 1 saturated heterocycles. The average Bonchev–Trinajstić information content (AvgIpc) is 2.89. The fraction of sp³-hybridized carbons (Fsp3) is 0.846. The van der Waals surface area contributed by atoms with Gasteiger partial charge < -0.3 is 15.3 Å². The van der Waals surface area contributed by atoms with E-state index in [0.717, 1.165) is 0 Å². The molecule has 5 nitrogen and oxygen atoms in total. The number of likely N-dealkylation sites (tertiary alicyclic amines) is 1. The molecule has 2 rings (SSSR count). The van der Waals surface area contributed by atoms with Crippen LogP contribution in [0.5, 0.6) is 0 Å². The highest BCUT2D eigenvalue weighted by Crippen LogP contribution is 2.19. The molecule has 1 heterocycles. The van der Waals surface area contributed by atoms with Crippen molar-refractivity contribution in [3.05, 3.63) is 0 Å². The summed E-state index contributed by atoms with van der Waals surface area (Å²) in [6, 6.07) is 0.505. The van der Waals surface area contributed by atoms with Gasteiger partial charge in [-0.2, -0.15) is 0 Å². The molecule has 2 aliphatic rings. The van der Waals surface area contributed by atoms with Gasteiger partial charge >= 0.3 is 5.97 Å². The molecular formula is C13H22N2O3. The summed E-state index contributed by atoms with van der Waals surface area (Å²) in [4.78, 5) is 24.6. The fourth-order valence-corrected chi connectivity index (χ4v) is 2.85. The topological polar surface area (TPSA) is 69.6 Å². The molecule has 1 saturated carbocycles. The van der Waals surface area contributed by atoms with Gasteiger partial charge in [-0.15, -0.1) is 0 Å². The smallest absolute Gasteiger partial charge is 0.306 e. The van der Waals surface area contributed by atoms with Gasteiger partial charge in [0, 0.05) is 19.1 Å². The molecule has 0 bridgehead atoms. The zero-order valence-electron chi connectivity index (χ0n) is 10.7. The number of carbonyl (C=O) groups excluding carboxylic acids is 1. The molecular weight excluding hydrogens is 232 g/mol. The molecule has 5 heteroatoms. The van der Waals surface area contributed by atoms with Gasteiger partial charge in [0.2, 0.25) is 5.91 Å². The third-order valence-electron chi connectivity index (χ3n) is 4.09. The Hall–Kier alpha value is -1.10. The minimum absolute atomic E-state index is 0.116. The van der Waals surface area contributed by atoms with Crippen molar-refractivity contribution in [3.8, 4) is 0 Å². The summed E-state index contributed by atoms with van der Waals surface area (Å²) in [5.74, 6) is -0.881. The van der Waals surface area contributed by atoms with E-state index >= 15 is 0 Å². The van der Waals surface area contributed by atoms with E-state index in [4.69, 9.17) is 5.11 Å². The van der Waals surface area contributed by atoms with Gasteiger partial charge in [0.25, 0.3) is 0 Å². The van der Waals surface area contributed by atoms with Gasteiger partial charge in [0.05, 0.1) is 12.5 Å². The number of rotatable bonds is 4. The van der Waals surface area contributed by atoms with E-state index in [2.05, 4.69) is 5.32 Å². The van der Waals surface area contributed by atoms with Gasteiger partial charge in [0.15, 0.2) is 0 Å². The predicted molar refractivity (Wildman–Crippen MR) is 67.2 cm³/mol. The first-order valence-corrected chi connectivity index (χ1v) is 6.91. The van der Waals surface area contributed by atoms with Crippen molar-refractivity contribution in [1.82, 2.24) is 10.2 Å². The molecule has 1 amide bonds. The van der Waals surface area contributed by atoms with Gasteiger partial charge in [0.1, 0.15) is 0 Å². The molecule has 0 spiro atoms. The number of hydrogen-bond acceptors (Lipinski definition) is 3. The Balaban J connectivity index is 1.68. The zero-order valence-corrected chi connectivity index (χ0v) is 10.7. The van der Waals surface area contributed by atoms with Crippen molar-refractivity contribution < 1.29 is 14.7 Å². The second kappa shape index (κ2) is 6.18. The summed E-state index contributed by atoms with van der Waals surface area (Å²) in [5, 5.41) is 12.2. The highest BCUT2D eigenvalue weighted by Gasteiger charge is 2.27. The molecule has 0 aromatic rings. The van der Waals surface area contributed by atoms with Crippen molar-refractivity contribution in [2.45, 2.75) is 44.6 Å². The van der Waals surface area contributed by atoms with Crippen molar-refractivity contribution in [2.75, 3.05) is 19.6 Å². The quantitative estimate of drug-likeness (QED) is 0.780. The van der Waals surface area contributed by atoms with Crippen molar-refractivity contribution >= 4 is 11.9 Å². The van der Waals surface area contributed by atoms with Crippen LogP contribution in [0, 0.1) is 5.92 Å². The van der Waals surface area contributed by atoms with Crippen molar-refractivity contribution in [1.29, 1.82) is 0 Å². The maximum atomic E-state index is 11.9. The summed E-state index contributed by atoms with van der Waals surface area (Å²) in [7, 11) is 0. The first-order chi connectivity index (χ1) is 8.66. The van der Waals surface area contributed by atoms with E-state index < -0.39 is 5.97 Å². The van der Waals surface area contributed by atoms with Crippen LogP contribution >= 0.6 is 0 Å². The molecule has 0 aromatic heterocycles. The normalized spacial score (nSPS) is 22.3. The molecule has 18 heavy (non-hydrogen) atoms. The number of aliphatic carboxylic acids is 1. The maximum absolute atomic E-state index is 11.9. The Bertz CT molecular complexity index is 305. The third kappa shape index (κ3) is 3.45. The first kappa shape index (κ1) is 13.3. The number of nitrogens with one attached hydrogen (secondary N) is 1. The predicted octanol–water partition coefficient (Wildman–Crippen LogP) is 0.842. The third-order valence-corrected chi connectivity index (χ3v) is 4.09. The monoisotopic (exact) mass is 254 g/mol. The standard InChI is InChI=1S/C13H22N2O3/c16-12(9-14-11-3-1-2-4-11)15-7-5-10(6-8-15)13(17)18/h10-11,14H,1-9H2,(H,17,18). The summed E-state index contributed by atoms with van der Waals surface area (Å²) < 4.78 is 0. The lowest BCUT2D eigenvalue weighted by molar-refractivity contribution is -0.145. The minimum Gasteiger partial charge on any atom is -0.481 e. The number of carbonyl (C=O) groups is 2. The number of carboxylic acid groups (broad SMARTS) is 1. The van der Waals surface area contributed by atoms with Gasteiger partial charge in [-0.1, -0.05) is 12.8 Å². The van der Waals surface area contributed by atoms with Crippen LogP contribution in [0.15, 0.2) is 0 Å². The van der Waals surface area contributed by atoms with E-state index in [-0.39, 0.29) is 11.8 Å². The molecule has 2 N–H and O–H groups in total. The largest absolute Gasteiger partial charge is 0.481 e. The SMILES string of the molecule is O=C(O)C1CCN(C(=O)CNC2CCCC2)CC1. The number of piperidine rings is 1. The summed E-state index contributed by atoms with van der Waals surface area (Å²) >= 11 is 0. The van der Waals surface area contributed by atoms with Crippen LogP contribution in [-0.4, -0.2) is 47.6 Å². The fourth-order valence-electron chi connectivity index (χ4n) is 2.85. The highest BCUT2D eigenvalue weighted by molar-refractivity contribution is 5.79. The average molecular weight is 254 g/mol. The van der Waals surface area contributed by atoms with Crippen LogP contribution in [0.1, 0.15) is 38.5 Å². The molecule has 2 fully saturated rings. The minimum atomic E-state index is -0.730. The Morgan fingerprint density at radius 3 is 2.28 bits per heavy atom. The van der Waals surface area contributed by atoms with E-state index in [1.165, 1.54) is 25.7 Å². The molecule has 0 radical (unpaired) electrons. The van der Waals surface area contributed by atoms with Crippen molar-refractivity contribution in [2.24, 2.45) is 5.92 Å². The second-order valence-electron chi connectivity index (χ2n) is 5.36. The first-order valence-electron chi connectivity index (χ1n) is 6.91. The maximum Gasteiger partial charge on any atom is 0.306 e. The van der Waals surface area contributed by atoms with Crippen LogP contribution in [0.25, 0.3) is 0 Å². The van der Waals surface area contributed by atoms with Crippen LogP contribution < -0.4 is 5.32 Å². The zero-order chi connectivity index (χ0) is 13.0. The number of amides is 1. The summed E-state index contributed by atoms with van der Waals surface area (Å²) in [6.07, 6.45) is 6.05. The Labute approximate surface area is 108 Å². The molecule has 102 valence electrons. The van der Waals surface area contributed by atoms with Gasteiger partial charge in [-0.3, -0.25) is 9.59 Å². The van der Waals surface area contributed by atoms with Crippen LogP contribution in [-0.2, 0) is 9.59 Å². The lowest BCUT2D eigenvalue weighted by Crippen LogP contribution is -2.45. The van der Waals surface area contributed by atoms with Crippen LogP contribution in [0.4, 0.5) is 0 Å². The van der Waals surface area contributed by atoms with Crippen LogP contribution in [0.2, 0.25) is 0 Å². The molecule has 0 aromatic carbocycles. The summed E-state index contributed by atoms with van der Waals surface area (Å²) in [5.41, 5.74) is 0. The number of carboxylic acids is 1. The molecule has 1 aliphatic carbocycles. The Morgan fingerprint density at radius 2 is 1.72 bits per heavy atom. The van der Waals surface area contributed by atoms with E-state index in [1.54, 1.807) is 4.90 Å². The summed E-state index contributed by atoms with van der Waals surface area (Å²) in [6.45, 7) is 1.58. The van der Waals surface area contributed by atoms with E-state index in [9.17, 15) is 9.59 Å². The highest BCUT2D eigenvalue weighted by atomic mass is 16.4. The Morgan fingerprint density at radius 1 is 1.11 bits per heavy atom. The van der Waals surface area contributed by atoms with Gasteiger partial charge in [-0.05, 0) is 25.7 Å². The second-order valence-corrected chi connectivity index (χ2v) is 5.36. The van der Waals surface area contributed by atoms with Gasteiger partial charge in [-0.25, -0.2) is 0 Å². The molecule has 0 unspecified atom stereocenters. The number of hydrogen-bond donors (Lipinski definition) is 2. The van der Waals surface area contributed by atoms with E-state index in [1.807, 2.05) is 0 Å². The van der Waals surface area contributed by atoms with Crippen molar-refractivity contribution in [3.63, 3.8) is 0 Å². The number of nitrogens with zero attached hydrogens (tertiary/aromatic N) is 1. The molecule has 1 aliphatic heterocycles. The van der Waals surface area contributed by atoms with E-state index in [0.29, 0.717) is 38.5 Å². The van der Waals surface area contributed by atoms with Crippen LogP contribution in [0.3, 0.4) is 0 Å².